The largest absolute Gasteiger partial charge is 0.309 e. The Kier molecular flexibility index (Phi) is 5.42. The van der Waals surface area contributed by atoms with Crippen LogP contribution in [-0.2, 0) is 5.41 Å². The normalized spacial score (nSPS) is 12.2. The van der Waals surface area contributed by atoms with Gasteiger partial charge >= 0.3 is 0 Å². The Balaban J connectivity index is 1.37. The second-order valence-corrected chi connectivity index (χ2v) is 12.3. The summed E-state index contributed by atoms with van der Waals surface area (Å²) in [5.41, 5.74) is 11.2. The highest BCUT2D eigenvalue weighted by atomic mass is 15.0. The van der Waals surface area contributed by atoms with E-state index in [1.165, 1.54) is 71.7 Å². The second-order valence-electron chi connectivity index (χ2n) is 12.3. The van der Waals surface area contributed by atoms with Crippen LogP contribution >= 0.6 is 0 Å². The van der Waals surface area contributed by atoms with Crippen molar-refractivity contribution in [1.29, 1.82) is 0 Å². The minimum Gasteiger partial charge on any atom is -0.309 e. The summed E-state index contributed by atoms with van der Waals surface area (Å²) in [7, 11) is 0. The zero-order valence-corrected chi connectivity index (χ0v) is 24.2. The van der Waals surface area contributed by atoms with E-state index >= 15 is 0 Å². The monoisotopic (exact) mass is 540 g/mol. The summed E-state index contributed by atoms with van der Waals surface area (Å²) in [4.78, 5) is 0. The molecule has 0 saturated carbocycles. The van der Waals surface area contributed by atoms with Crippen LogP contribution in [0.25, 0.3) is 66.1 Å². The Labute approximate surface area is 246 Å². The maximum Gasteiger partial charge on any atom is 0.0542 e. The van der Waals surface area contributed by atoms with Crippen LogP contribution in [-0.4, -0.2) is 9.13 Å². The first kappa shape index (κ1) is 24.7. The molecule has 0 aliphatic heterocycles. The van der Waals surface area contributed by atoms with Crippen molar-refractivity contribution in [2.45, 2.75) is 26.2 Å². The topological polar surface area (TPSA) is 9.86 Å². The summed E-state index contributed by atoms with van der Waals surface area (Å²) in [5, 5.41) is 5.07. The Morgan fingerprint density at radius 2 is 0.929 bits per heavy atom. The summed E-state index contributed by atoms with van der Waals surface area (Å²) in [6.45, 7) is 6.80. The molecule has 0 radical (unpaired) electrons. The van der Waals surface area contributed by atoms with Crippen molar-refractivity contribution in [2.24, 2.45) is 0 Å². The van der Waals surface area contributed by atoms with Crippen LogP contribution in [0.15, 0.2) is 140 Å². The van der Waals surface area contributed by atoms with Crippen LogP contribution in [0.4, 0.5) is 0 Å². The molecule has 6 aromatic carbocycles. The third kappa shape index (κ3) is 3.72. The molecule has 8 rings (SSSR count). The summed E-state index contributed by atoms with van der Waals surface area (Å²) in [6.07, 6.45) is 0. The number of hydrogen-bond donors (Lipinski definition) is 0. The number of nitrogens with zero attached hydrogens (tertiary/aromatic N) is 2. The van der Waals surface area contributed by atoms with E-state index in [0.717, 1.165) is 0 Å². The summed E-state index contributed by atoms with van der Waals surface area (Å²) in [6, 6.07) is 51.0. The Morgan fingerprint density at radius 1 is 0.429 bits per heavy atom. The zero-order chi connectivity index (χ0) is 28.4. The van der Waals surface area contributed by atoms with Crippen molar-refractivity contribution in [3.63, 3.8) is 0 Å². The molecule has 0 aliphatic carbocycles. The minimum atomic E-state index is 0.124. The third-order valence-corrected chi connectivity index (χ3v) is 8.70. The maximum atomic E-state index is 2.44. The van der Waals surface area contributed by atoms with Gasteiger partial charge in [0.05, 0.1) is 27.8 Å². The maximum absolute atomic E-state index is 2.44. The number of aromatic nitrogens is 2. The van der Waals surface area contributed by atoms with Crippen LogP contribution in [0.1, 0.15) is 26.3 Å². The number of para-hydroxylation sites is 4. The van der Waals surface area contributed by atoms with Gasteiger partial charge in [-0.25, -0.2) is 0 Å². The highest BCUT2D eigenvalue weighted by Gasteiger charge is 2.18. The molecule has 202 valence electrons. The molecule has 0 spiro atoms. The first-order valence-electron chi connectivity index (χ1n) is 14.7. The van der Waals surface area contributed by atoms with Gasteiger partial charge in [0.15, 0.2) is 0 Å². The van der Waals surface area contributed by atoms with Gasteiger partial charge in [0.1, 0.15) is 0 Å². The van der Waals surface area contributed by atoms with Gasteiger partial charge in [-0.1, -0.05) is 118 Å². The van der Waals surface area contributed by atoms with Crippen molar-refractivity contribution in [2.75, 3.05) is 0 Å². The van der Waals surface area contributed by atoms with E-state index in [0.29, 0.717) is 0 Å². The fourth-order valence-electron chi connectivity index (χ4n) is 6.62. The van der Waals surface area contributed by atoms with Gasteiger partial charge in [-0.05, 0) is 59.0 Å². The molecule has 42 heavy (non-hydrogen) atoms. The van der Waals surface area contributed by atoms with Gasteiger partial charge in [0.2, 0.25) is 0 Å². The van der Waals surface area contributed by atoms with E-state index in [-0.39, 0.29) is 5.41 Å². The molecule has 0 aliphatic rings. The second kappa shape index (κ2) is 9.22. The van der Waals surface area contributed by atoms with Crippen molar-refractivity contribution >= 4 is 43.6 Å². The number of hydrogen-bond acceptors (Lipinski definition) is 0. The molecule has 0 saturated heterocycles. The molecule has 0 bridgehead atoms. The van der Waals surface area contributed by atoms with E-state index in [9.17, 15) is 0 Å². The molecule has 2 heterocycles. The van der Waals surface area contributed by atoms with Gasteiger partial charge in [-0.3, -0.25) is 0 Å². The van der Waals surface area contributed by atoms with Crippen LogP contribution in [0.5, 0.6) is 0 Å². The first-order valence-corrected chi connectivity index (χ1v) is 14.7. The quantitative estimate of drug-likeness (QED) is 0.211. The SMILES string of the molecule is CC(C)(C)c1ccc(-c2ccccc2-n2c3ccccc3c3cc(-n4c5ccccc5c5ccccc54)ccc32)cc1. The van der Waals surface area contributed by atoms with Gasteiger partial charge in [0.25, 0.3) is 0 Å². The van der Waals surface area contributed by atoms with Crippen LogP contribution in [0.3, 0.4) is 0 Å². The molecular formula is C40H32N2. The highest BCUT2D eigenvalue weighted by molar-refractivity contribution is 6.12. The average molecular weight is 541 g/mol. The fourth-order valence-corrected chi connectivity index (χ4v) is 6.62. The van der Waals surface area contributed by atoms with Crippen LogP contribution in [0.2, 0.25) is 0 Å². The minimum absolute atomic E-state index is 0.124. The lowest BCUT2D eigenvalue weighted by Gasteiger charge is -2.20. The number of benzene rings is 6. The zero-order valence-electron chi connectivity index (χ0n) is 24.2. The molecule has 0 amide bonds. The molecule has 0 atom stereocenters. The first-order chi connectivity index (χ1) is 20.5. The number of fused-ring (bicyclic) bond motifs is 6. The Hall–Kier alpha value is -5.08. The van der Waals surface area contributed by atoms with Crippen molar-refractivity contribution < 1.29 is 0 Å². The molecule has 8 aromatic rings. The number of rotatable bonds is 3. The van der Waals surface area contributed by atoms with Gasteiger partial charge in [-0.15, -0.1) is 0 Å². The van der Waals surface area contributed by atoms with E-state index in [4.69, 9.17) is 0 Å². The lowest BCUT2D eigenvalue weighted by molar-refractivity contribution is 0.590. The smallest absolute Gasteiger partial charge is 0.0542 e. The summed E-state index contributed by atoms with van der Waals surface area (Å²) >= 11 is 0. The van der Waals surface area contributed by atoms with Crippen molar-refractivity contribution in [3.05, 3.63) is 145 Å². The molecular weight excluding hydrogens is 508 g/mol. The van der Waals surface area contributed by atoms with E-state index in [1.54, 1.807) is 0 Å². The average Bonchev–Trinajstić information content (AvgIpc) is 3.53. The molecule has 0 fully saturated rings. The lowest BCUT2D eigenvalue weighted by atomic mass is 9.86. The molecule has 0 unspecified atom stereocenters. The standard InChI is InChI=1S/C40H32N2/c1-40(2,3)28-22-20-27(21-23-28)30-12-4-8-16-35(30)42-38-19-11-7-15-33(38)34-26-29(24-25-39(34)42)41-36-17-9-5-13-31(36)32-14-6-10-18-37(32)41/h4-26H,1-3H3. The van der Waals surface area contributed by atoms with Gasteiger partial charge < -0.3 is 9.13 Å². The molecule has 2 heteroatoms. The molecule has 2 nitrogen and oxygen atoms in total. The van der Waals surface area contributed by atoms with Crippen molar-refractivity contribution in [3.8, 4) is 22.5 Å². The Morgan fingerprint density at radius 3 is 1.55 bits per heavy atom. The molecule has 0 N–H and O–H groups in total. The van der Waals surface area contributed by atoms with Crippen LogP contribution < -0.4 is 0 Å². The highest BCUT2D eigenvalue weighted by Crippen LogP contribution is 2.39. The van der Waals surface area contributed by atoms with E-state index in [2.05, 4.69) is 169 Å². The van der Waals surface area contributed by atoms with E-state index in [1.807, 2.05) is 0 Å². The molecule has 2 aromatic heterocycles. The lowest BCUT2D eigenvalue weighted by Crippen LogP contribution is -2.10. The summed E-state index contributed by atoms with van der Waals surface area (Å²) < 4.78 is 4.84. The van der Waals surface area contributed by atoms with Gasteiger partial charge in [-0.2, -0.15) is 0 Å². The Bertz CT molecular complexity index is 2220. The predicted molar refractivity (Wildman–Crippen MR) is 179 cm³/mol. The van der Waals surface area contributed by atoms with E-state index < -0.39 is 0 Å². The van der Waals surface area contributed by atoms with Crippen molar-refractivity contribution in [1.82, 2.24) is 9.13 Å². The fraction of sp³-hybridized carbons (Fsp3) is 0.100. The predicted octanol–water partition coefficient (Wildman–Crippen LogP) is 10.8. The third-order valence-electron chi connectivity index (χ3n) is 8.70. The van der Waals surface area contributed by atoms with Gasteiger partial charge in [0, 0.05) is 32.8 Å². The van der Waals surface area contributed by atoms with Crippen LogP contribution in [0, 0.1) is 0 Å². The summed E-state index contributed by atoms with van der Waals surface area (Å²) in [5.74, 6) is 0.